The van der Waals surface area contributed by atoms with Gasteiger partial charge in [0, 0.05) is 0 Å². The molecule has 0 unspecified atom stereocenters. The van der Waals surface area contributed by atoms with Gasteiger partial charge in [-0.1, -0.05) is 12.1 Å². The number of aryl methyl sites for hydroxylation is 1. The second kappa shape index (κ2) is 3.53. The number of hydrogen-bond donors (Lipinski definition) is 0. The Morgan fingerprint density at radius 3 is 2.65 bits per heavy atom. The third-order valence-electron chi connectivity index (χ3n) is 2.84. The number of fused-ring (bicyclic) bond motifs is 1. The first-order valence-corrected chi connectivity index (χ1v) is 6.10. The molecule has 2 aromatic rings. The van der Waals surface area contributed by atoms with Crippen LogP contribution in [-0.2, 0) is 4.79 Å². The minimum atomic E-state index is -0.461. The van der Waals surface area contributed by atoms with Crippen LogP contribution >= 0.6 is 11.3 Å². The van der Waals surface area contributed by atoms with Gasteiger partial charge in [-0.3, -0.25) is 14.5 Å². The van der Waals surface area contributed by atoms with E-state index in [0.29, 0.717) is 11.3 Å². The maximum Gasteiger partial charge on any atom is 0.304 e. The molecule has 3 nitrogen and oxygen atoms in total. The molecule has 0 spiro atoms. The molecule has 2 heterocycles. The summed E-state index contributed by atoms with van der Waals surface area (Å²) >= 11 is 1.45. The number of amides is 1. The zero-order valence-corrected chi connectivity index (χ0v) is 9.95. The van der Waals surface area contributed by atoms with Crippen molar-refractivity contribution >= 4 is 33.7 Å². The van der Waals surface area contributed by atoms with Gasteiger partial charge < -0.3 is 0 Å². The van der Waals surface area contributed by atoms with E-state index in [1.165, 1.54) is 16.2 Å². The summed E-state index contributed by atoms with van der Waals surface area (Å²) in [5, 5.41) is 2.67. The van der Waals surface area contributed by atoms with Crippen molar-refractivity contribution in [3.63, 3.8) is 0 Å². The summed E-state index contributed by atoms with van der Waals surface area (Å²) < 4.78 is 0. The number of benzene rings is 1. The predicted molar refractivity (Wildman–Crippen MR) is 67.0 cm³/mol. The van der Waals surface area contributed by atoms with Crippen LogP contribution in [0.15, 0.2) is 35.7 Å². The van der Waals surface area contributed by atoms with Crippen molar-refractivity contribution in [2.24, 2.45) is 0 Å². The SMILES string of the molecule is Cc1cccc2c1C(=O)C(=O)N2c1cccs1. The van der Waals surface area contributed by atoms with Gasteiger partial charge >= 0.3 is 5.91 Å². The quantitative estimate of drug-likeness (QED) is 0.722. The van der Waals surface area contributed by atoms with E-state index in [0.717, 1.165) is 10.6 Å². The standard InChI is InChI=1S/C13H9NO2S/c1-8-4-2-5-9-11(8)12(15)13(16)14(9)10-6-3-7-17-10/h2-7H,1H3. The van der Waals surface area contributed by atoms with E-state index in [1.807, 2.05) is 42.6 Å². The highest BCUT2D eigenvalue weighted by Gasteiger charge is 2.38. The molecule has 0 aliphatic carbocycles. The number of rotatable bonds is 1. The van der Waals surface area contributed by atoms with Crippen molar-refractivity contribution < 1.29 is 9.59 Å². The minimum Gasteiger partial charge on any atom is -0.283 e. The number of carbonyl (C=O) groups is 2. The van der Waals surface area contributed by atoms with Gasteiger partial charge in [-0.2, -0.15) is 0 Å². The molecule has 0 fully saturated rings. The van der Waals surface area contributed by atoms with Crippen LogP contribution in [0.2, 0.25) is 0 Å². The van der Waals surface area contributed by atoms with Gasteiger partial charge in [0.1, 0.15) is 5.00 Å². The number of nitrogens with zero attached hydrogens (tertiary/aromatic N) is 1. The van der Waals surface area contributed by atoms with Gasteiger partial charge in [0.2, 0.25) is 0 Å². The second-order valence-corrected chi connectivity index (χ2v) is 4.82. The van der Waals surface area contributed by atoms with E-state index in [-0.39, 0.29) is 0 Å². The summed E-state index contributed by atoms with van der Waals surface area (Å²) in [7, 11) is 0. The first-order valence-electron chi connectivity index (χ1n) is 5.22. The van der Waals surface area contributed by atoms with Crippen molar-refractivity contribution in [2.45, 2.75) is 6.92 Å². The molecule has 0 saturated heterocycles. The lowest BCUT2D eigenvalue weighted by atomic mass is 10.1. The van der Waals surface area contributed by atoms with Crippen LogP contribution < -0.4 is 4.90 Å². The van der Waals surface area contributed by atoms with E-state index in [2.05, 4.69) is 0 Å². The zero-order chi connectivity index (χ0) is 12.0. The number of anilines is 2. The molecule has 3 rings (SSSR count). The van der Waals surface area contributed by atoms with Gasteiger partial charge in [0.15, 0.2) is 0 Å². The Balaban J connectivity index is 2.25. The maximum atomic E-state index is 12.0. The van der Waals surface area contributed by atoms with Crippen LogP contribution in [0.4, 0.5) is 10.7 Å². The average Bonchev–Trinajstić information content (AvgIpc) is 2.89. The zero-order valence-electron chi connectivity index (χ0n) is 9.14. The lowest BCUT2D eigenvalue weighted by Gasteiger charge is -2.13. The van der Waals surface area contributed by atoms with Gasteiger partial charge in [-0.05, 0) is 36.1 Å². The van der Waals surface area contributed by atoms with Crippen LogP contribution in [0, 0.1) is 6.92 Å². The fourth-order valence-electron chi connectivity index (χ4n) is 2.07. The number of ketones is 1. The minimum absolute atomic E-state index is 0.411. The molecule has 0 bridgehead atoms. The van der Waals surface area contributed by atoms with Crippen LogP contribution in [-0.4, -0.2) is 11.7 Å². The monoisotopic (exact) mass is 243 g/mol. The second-order valence-electron chi connectivity index (χ2n) is 3.89. The van der Waals surface area contributed by atoms with Crippen LogP contribution in [0.3, 0.4) is 0 Å². The van der Waals surface area contributed by atoms with E-state index in [9.17, 15) is 9.59 Å². The van der Waals surface area contributed by atoms with Crippen molar-refractivity contribution in [1.82, 2.24) is 0 Å². The van der Waals surface area contributed by atoms with Crippen molar-refractivity contribution in [3.8, 4) is 0 Å². The van der Waals surface area contributed by atoms with Crippen molar-refractivity contribution in [3.05, 3.63) is 46.8 Å². The maximum absolute atomic E-state index is 12.0. The molecule has 0 saturated carbocycles. The molecule has 0 atom stereocenters. The third-order valence-corrected chi connectivity index (χ3v) is 3.70. The Bertz CT molecular complexity index is 616. The van der Waals surface area contributed by atoms with Gasteiger partial charge in [0.05, 0.1) is 11.3 Å². The van der Waals surface area contributed by atoms with E-state index >= 15 is 0 Å². The summed E-state index contributed by atoms with van der Waals surface area (Å²) in [5.41, 5.74) is 2.08. The Morgan fingerprint density at radius 2 is 1.94 bits per heavy atom. The molecular formula is C13H9NO2S. The molecule has 84 valence electrons. The van der Waals surface area contributed by atoms with E-state index < -0.39 is 11.7 Å². The Labute approximate surface area is 102 Å². The highest BCUT2D eigenvalue weighted by atomic mass is 32.1. The van der Waals surface area contributed by atoms with Crippen LogP contribution in [0.25, 0.3) is 0 Å². The molecule has 0 N–H and O–H groups in total. The Morgan fingerprint density at radius 1 is 1.12 bits per heavy atom. The Hall–Kier alpha value is -1.94. The summed E-state index contributed by atoms with van der Waals surface area (Å²) in [4.78, 5) is 25.4. The first-order chi connectivity index (χ1) is 8.20. The highest BCUT2D eigenvalue weighted by molar-refractivity contribution is 7.14. The molecule has 4 heteroatoms. The smallest absolute Gasteiger partial charge is 0.283 e. The van der Waals surface area contributed by atoms with E-state index in [1.54, 1.807) is 0 Å². The van der Waals surface area contributed by atoms with Crippen molar-refractivity contribution in [1.29, 1.82) is 0 Å². The number of carbonyl (C=O) groups excluding carboxylic acids is 2. The summed E-state index contributed by atoms with van der Waals surface area (Å²) in [6.45, 7) is 1.85. The molecular weight excluding hydrogens is 234 g/mol. The average molecular weight is 243 g/mol. The van der Waals surface area contributed by atoms with Crippen molar-refractivity contribution in [2.75, 3.05) is 4.90 Å². The van der Waals surface area contributed by atoms with Gasteiger partial charge in [-0.15, -0.1) is 11.3 Å². The summed E-state index contributed by atoms with van der Waals surface area (Å²) in [6, 6.07) is 9.23. The third kappa shape index (κ3) is 1.34. The van der Waals surface area contributed by atoms with Gasteiger partial charge in [-0.25, -0.2) is 0 Å². The van der Waals surface area contributed by atoms with E-state index in [4.69, 9.17) is 0 Å². The molecule has 1 aromatic carbocycles. The molecule has 1 aromatic heterocycles. The molecule has 1 aliphatic rings. The van der Waals surface area contributed by atoms with Gasteiger partial charge in [0.25, 0.3) is 5.78 Å². The molecule has 0 radical (unpaired) electrons. The predicted octanol–water partition coefficient (Wildman–Crippen LogP) is 2.92. The highest BCUT2D eigenvalue weighted by Crippen LogP contribution is 2.38. The largest absolute Gasteiger partial charge is 0.304 e. The summed E-state index contributed by atoms with van der Waals surface area (Å²) in [6.07, 6.45) is 0. The first kappa shape index (κ1) is 10.2. The molecule has 17 heavy (non-hydrogen) atoms. The number of hydrogen-bond acceptors (Lipinski definition) is 3. The van der Waals surface area contributed by atoms with Crippen LogP contribution in [0.5, 0.6) is 0 Å². The molecule has 1 aliphatic heterocycles. The summed E-state index contributed by atoms with van der Waals surface area (Å²) in [5.74, 6) is -0.872. The fourth-order valence-corrected chi connectivity index (χ4v) is 2.81. The molecule has 1 amide bonds. The lowest BCUT2D eigenvalue weighted by molar-refractivity contribution is -0.113. The fraction of sp³-hybridized carbons (Fsp3) is 0.0769. The normalized spacial score (nSPS) is 14.3. The Kier molecular flexibility index (Phi) is 2.12. The lowest BCUT2D eigenvalue weighted by Crippen LogP contribution is -2.23. The van der Waals surface area contributed by atoms with Crippen LogP contribution in [0.1, 0.15) is 15.9 Å². The number of thiophene rings is 1. The number of Topliss-reactive ketones (excluding diaryl/α,β-unsaturated/α-hetero) is 1. The topological polar surface area (TPSA) is 37.4 Å².